The van der Waals surface area contributed by atoms with E-state index in [1.807, 2.05) is 36.7 Å². The van der Waals surface area contributed by atoms with E-state index in [4.69, 9.17) is 0 Å². The quantitative estimate of drug-likeness (QED) is 0.489. The van der Waals surface area contributed by atoms with Crippen molar-refractivity contribution in [3.63, 3.8) is 0 Å². The molecule has 119 valence electrons. The first-order valence-corrected chi connectivity index (χ1v) is 7.44. The van der Waals surface area contributed by atoms with Crippen LogP contribution < -0.4 is 0 Å². The number of hydrogen-bond donors (Lipinski definition) is 0. The zero-order chi connectivity index (χ0) is 15.6. The molecule has 3 aromatic rings. The third kappa shape index (κ3) is 4.13. The molecule has 2 nitrogen and oxygen atoms in total. The van der Waals surface area contributed by atoms with Gasteiger partial charge >= 0.3 is 0 Å². The molecular weight excluding hydrogens is 460 g/mol. The van der Waals surface area contributed by atoms with Crippen molar-refractivity contribution in [3.8, 4) is 22.5 Å². The van der Waals surface area contributed by atoms with Gasteiger partial charge in [-0.25, -0.2) is 0 Å². The standard InChI is InChI=1S/C20H19N2.Ir/c1-20(2,3)18-13-21-19(22-14-18)17-11-7-10-16(12-17)15-8-5-4-6-9-15;/h4-10,12-14H,1-3H3;/q-1;. The van der Waals surface area contributed by atoms with Crippen molar-refractivity contribution in [3.05, 3.63) is 72.6 Å². The molecule has 0 aliphatic heterocycles. The zero-order valence-corrected chi connectivity index (χ0v) is 15.9. The van der Waals surface area contributed by atoms with Crippen LogP contribution >= 0.6 is 0 Å². The SMILES string of the molecule is CC(C)(C)c1cnc(-c2[c-]ccc(-c3ccccc3)c2)nc1.[Ir]. The van der Waals surface area contributed by atoms with Crippen molar-refractivity contribution in [2.75, 3.05) is 0 Å². The van der Waals surface area contributed by atoms with E-state index in [9.17, 15) is 0 Å². The summed E-state index contributed by atoms with van der Waals surface area (Å²) >= 11 is 0. The summed E-state index contributed by atoms with van der Waals surface area (Å²) in [7, 11) is 0. The molecule has 0 saturated heterocycles. The van der Waals surface area contributed by atoms with Crippen LogP contribution in [0.5, 0.6) is 0 Å². The molecule has 0 aliphatic carbocycles. The summed E-state index contributed by atoms with van der Waals surface area (Å²) in [5.74, 6) is 0.714. The van der Waals surface area contributed by atoms with E-state index in [0.29, 0.717) is 5.82 Å². The fourth-order valence-electron chi connectivity index (χ4n) is 2.26. The second-order valence-electron chi connectivity index (χ2n) is 6.40. The molecule has 1 heterocycles. The Morgan fingerprint density at radius 2 is 1.52 bits per heavy atom. The number of benzene rings is 2. The van der Waals surface area contributed by atoms with E-state index in [-0.39, 0.29) is 25.5 Å². The van der Waals surface area contributed by atoms with E-state index in [0.717, 1.165) is 16.7 Å². The molecule has 23 heavy (non-hydrogen) atoms. The number of nitrogens with zero attached hydrogens (tertiary/aromatic N) is 2. The first-order valence-electron chi connectivity index (χ1n) is 7.44. The van der Waals surface area contributed by atoms with Crippen LogP contribution in [0, 0.1) is 6.07 Å². The summed E-state index contributed by atoms with van der Waals surface area (Å²) in [5, 5.41) is 0. The third-order valence-corrected chi connectivity index (χ3v) is 3.67. The molecular formula is C20H19IrN2-. The Hall–Kier alpha value is -1.83. The van der Waals surface area contributed by atoms with Crippen molar-refractivity contribution < 1.29 is 20.1 Å². The number of hydrogen-bond acceptors (Lipinski definition) is 2. The second-order valence-corrected chi connectivity index (χ2v) is 6.40. The molecule has 0 fully saturated rings. The van der Waals surface area contributed by atoms with Crippen LogP contribution in [0.15, 0.2) is 60.9 Å². The monoisotopic (exact) mass is 480 g/mol. The van der Waals surface area contributed by atoms with Gasteiger partial charge in [-0.05, 0) is 16.5 Å². The summed E-state index contributed by atoms with van der Waals surface area (Å²) in [4.78, 5) is 9.02. The molecule has 0 saturated carbocycles. The van der Waals surface area contributed by atoms with Crippen molar-refractivity contribution in [1.29, 1.82) is 0 Å². The largest absolute Gasteiger partial charge is 0.285 e. The van der Waals surface area contributed by atoms with Crippen LogP contribution in [-0.2, 0) is 25.5 Å². The fourth-order valence-corrected chi connectivity index (χ4v) is 2.26. The number of aromatic nitrogens is 2. The Bertz CT molecular complexity index is 760. The molecule has 3 rings (SSSR count). The summed E-state index contributed by atoms with van der Waals surface area (Å²) in [6.07, 6.45) is 3.82. The zero-order valence-electron chi connectivity index (χ0n) is 13.5. The normalized spacial score (nSPS) is 10.9. The van der Waals surface area contributed by atoms with Crippen LogP contribution in [0.3, 0.4) is 0 Å². The molecule has 0 unspecified atom stereocenters. The Balaban J connectivity index is 0.00000192. The van der Waals surface area contributed by atoms with Gasteiger partial charge in [0.1, 0.15) is 0 Å². The van der Waals surface area contributed by atoms with Gasteiger partial charge in [0.2, 0.25) is 0 Å². The summed E-state index contributed by atoms with van der Waals surface area (Å²) < 4.78 is 0. The molecule has 1 radical (unpaired) electrons. The predicted octanol–water partition coefficient (Wildman–Crippen LogP) is 4.91. The average Bonchev–Trinajstić information content (AvgIpc) is 2.55. The Labute approximate surface area is 151 Å². The average molecular weight is 480 g/mol. The summed E-state index contributed by atoms with van der Waals surface area (Å²) in [6.45, 7) is 6.48. The van der Waals surface area contributed by atoms with Gasteiger partial charge in [-0.1, -0.05) is 51.1 Å². The molecule has 0 N–H and O–H groups in total. The molecule has 0 bridgehead atoms. The van der Waals surface area contributed by atoms with Crippen LogP contribution in [0.1, 0.15) is 26.3 Å². The van der Waals surface area contributed by atoms with Gasteiger partial charge in [-0.3, -0.25) is 9.97 Å². The maximum Gasteiger partial charge on any atom is 0.0748 e. The van der Waals surface area contributed by atoms with Gasteiger partial charge in [0, 0.05) is 32.5 Å². The molecule has 0 atom stereocenters. The topological polar surface area (TPSA) is 25.8 Å². The minimum Gasteiger partial charge on any atom is -0.285 e. The van der Waals surface area contributed by atoms with Crippen molar-refractivity contribution in [1.82, 2.24) is 9.97 Å². The van der Waals surface area contributed by atoms with E-state index in [1.165, 1.54) is 5.56 Å². The van der Waals surface area contributed by atoms with E-state index >= 15 is 0 Å². The van der Waals surface area contributed by atoms with Crippen LogP contribution in [-0.4, -0.2) is 9.97 Å². The molecule has 3 heteroatoms. The first kappa shape index (κ1) is 17.5. The van der Waals surface area contributed by atoms with Gasteiger partial charge in [0.05, 0.1) is 5.82 Å². The Morgan fingerprint density at radius 1 is 0.870 bits per heavy atom. The smallest absolute Gasteiger partial charge is 0.0748 e. The van der Waals surface area contributed by atoms with Crippen molar-refractivity contribution in [2.24, 2.45) is 0 Å². The minimum absolute atomic E-state index is 0. The van der Waals surface area contributed by atoms with E-state index in [1.54, 1.807) is 0 Å². The van der Waals surface area contributed by atoms with Crippen molar-refractivity contribution >= 4 is 0 Å². The van der Waals surface area contributed by atoms with Gasteiger partial charge in [-0.15, -0.1) is 35.4 Å². The maximum absolute atomic E-state index is 4.51. The van der Waals surface area contributed by atoms with E-state index < -0.39 is 0 Å². The van der Waals surface area contributed by atoms with Gasteiger partial charge < -0.3 is 0 Å². The second kappa shape index (κ2) is 7.16. The Morgan fingerprint density at radius 3 is 2.13 bits per heavy atom. The Kier molecular flexibility index (Phi) is 5.46. The summed E-state index contributed by atoms with van der Waals surface area (Å²) in [5.41, 5.74) is 4.45. The molecule has 0 amide bonds. The molecule has 0 aliphatic rings. The van der Waals surface area contributed by atoms with Gasteiger partial charge in [0.25, 0.3) is 0 Å². The maximum atomic E-state index is 4.51. The van der Waals surface area contributed by atoms with Crippen LogP contribution in [0.4, 0.5) is 0 Å². The fraction of sp³-hybridized carbons (Fsp3) is 0.200. The van der Waals surface area contributed by atoms with Crippen LogP contribution in [0.2, 0.25) is 0 Å². The molecule has 1 aromatic heterocycles. The minimum atomic E-state index is 0. The van der Waals surface area contributed by atoms with Crippen LogP contribution in [0.25, 0.3) is 22.5 Å². The van der Waals surface area contributed by atoms with Gasteiger partial charge in [0.15, 0.2) is 0 Å². The number of rotatable bonds is 2. The molecule has 2 aromatic carbocycles. The van der Waals surface area contributed by atoms with E-state index in [2.05, 4.69) is 61.1 Å². The first-order chi connectivity index (χ1) is 10.5. The summed E-state index contributed by atoms with van der Waals surface area (Å²) in [6, 6.07) is 19.6. The predicted molar refractivity (Wildman–Crippen MR) is 90.4 cm³/mol. The third-order valence-electron chi connectivity index (χ3n) is 3.67. The van der Waals surface area contributed by atoms with Gasteiger partial charge in [-0.2, -0.15) is 0 Å². The molecule has 0 spiro atoms. The van der Waals surface area contributed by atoms with Crippen molar-refractivity contribution in [2.45, 2.75) is 26.2 Å².